The summed E-state index contributed by atoms with van der Waals surface area (Å²) in [4.78, 5) is 27.3. The predicted octanol–water partition coefficient (Wildman–Crippen LogP) is 1.51. The van der Waals surface area contributed by atoms with Crippen LogP contribution in [0.3, 0.4) is 0 Å². The maximum Gasteiger partial charge on any atom is 0.629 e. The summed E-state index contributed by atoms with van der Waals surface area (Å²) in [6, 6.07) is 0. The van der Waals surface area contributed by atoms with E-state index in [0.29, 0.717) is 0 Å². The Balaban J connectivity index is 3.18. The Morgan fingerprint density at radius 2 is 1.50 bits per heavy atom. The van der Waals surface area contributed by atoms with Crippen LogP contribution in [0.25, 0.3) is 0 Å². The number of nitrogens with zero attached hydrogens (tertiary/aromatic N) is 1. The summed E-state index contributed by atoms with van der Waals surface area (Å²) in [7, 11) is 0.694. The van der Waals surface area contributed by atoms with Gasteiger partial charge < -0.3 is 9.31 Å². The quantitative estimate of drug-likeness (QED) is 0.686. The van der Waals surface area contributed by atoms with Crippen molar-refractivity contribution in [1.29, 1.82) is 0 Å². The van der Waals surface area contributed by atoms with Crippen molar-refractivity contribution < 1.29 is 18.9 Å². The van der Waals surface area contributed by atoms with Crippen molar-refractivity contribution in [3.05, 3.63) is 11.0 Å². The Kier molecular flexibility index (Phi) is 4.28. The molecule has 1 fully saturated rings. The van der Waals surface area contributed by atoms with Crippen LogP contribution in [-0.4, -0.2) is 42.1 Å². The van der Waals surface area contributed by atoms with E-state index >= 15 is 0 Å². The minimum atomic E-state index is -1.00. The fourth-order valence-electron chi connectivity index (χ4n) is 1.63. The number of likely N-dealkylation sites (N-methyl/N-ethyl adjacent to an activating group) is 1. The van der Waals surface area contributed by atoms with Gasteiger partial charge in [-0.15, -0.1) is 0 Å². The second kappa shape index (κ2) is 5.05. The first kappa shape index (κ1) is 15.2. The molecule has 1 heterocycles. The second-order valence-electron chi connectivity index (χ2n) is 5.17. The van der Waals surface area contributed by atoms with E-state index in [0.717, 1.165) is 0 Å². The Hall–Kier alpha value is -0.815. The normalized spacial score (nSPS) is 24.4. The second-order valence-corrected chi connectivity index (χ2v) is 5.70. The van der Waals surface area contributed by atoms with Crippen molar-refractivity contribution in [2.24, 2.45) is 0 Å². The van der Waals surface area contributed by atoms with Gasteiger partial charge in [0.15, 0.2) is 0 Å². The van der Waals surface area contributed by atoms with Gasteiger partial charge in [0.05, 0.1) is 0 Å². The lowest BCUT2D eigenvalue weighted by Gasteiger charge is -2.44. The molecule has 5 nitrogen and oxygen atoms in total. The van der Waals surface area contributed by atoms with E-state index in [1.165, 1.54) is 11.0 Å². The van der Waals surface area contributed by atoms with Gasteiger partial charge in [0, 0.05) is 0 Å². The van der Waals surface area contributed by atoms with Crippen LogP contribution in [0.1, 0.15) is 27.7 Å². The molecule has 0 saturated carbocycles. The number of rotatable bonds is 1. The number of hydrogen-bond acceptors (Lipinski definition) is 5. The standard InChI is InChI=1S/C11H17BBrNO4/c1-10(2)8(15)17-12(6-7-13)18-9(16)11(3,4)14(10)5/h6-7H,1-5H3/b7-6+. The monoisotopic (exact) mass is 317 g/mol. The molecule has 0 aromatic rings. The average Bonchev–Trinajstić information content (AvgIpc) is 2.26. The van der Waals surface area contributed by atoms with Crippen LogP contribution in [0.15, 0.2) is 11.0 Å². The minimum Gasteiger partial charge on any atom is -0.494 e. The molecular weight excluding hydrogens is 301 g/mol. The molecule has 0 aliphatic carbocycles. The molecule has 0 aromatic carbocycles. The molecule has 1 saturated heterocycles. The maximum atomic E-state index is 12.1. The van der Waals surface area contributed by atoms with Crippen LogP contribution in [0.2, 0.25) is 0 Å². The Morgan fingerprint density at radius 1 is 1.11 bits per heavy atom. The first-order valence-corrected chi connectivity index (χ1v) is 6.48. The lowest BCUT2D eigenvalue weighted by Crippen LogP contribution is -2.64. The highest BCUT2D eigenvalue weighted by Gasteiger charge is 2.50. The topological polar surface area (TPSA) is 55.8 Å². The van der Waals surface area contributed by atoms with Gasteiger partial charge in [0.25, 0.3) is 0 Å². The highest BCUT2D eigenvalue weighted by molar-refractivity contribution is 9.11. The van der Waals surface area contributed by atoms with Gasteiger partial charge in [-0.25, -0.2) is 0 Å². The van der Waals surface area contributed by atoms with Gasteiger partial charge in [0.1, 0.15) is 11.1 Å². The van der Waals surface area contributed by atoms with Gasteiger partial charge in [-0.1, -0.05) is 15.9 Å². The predicted molar refractivity (Wildman–Crippen MR) is 71.9 cm³/mol. The van der Waals surface area contributed by atoms with Crippen LogP contribution in [-0.2, 0) is 18.9 Å². The SMILES string of the molecule is CN1C(C)(C)C(=O)OB(/C=C/Br)OC(=O)C1(C)C. The number of halogens is 1. The molecule has 0 bridgehead atoms. The molecule has 7 heteroatoms. The van der Waals surface area contributed by atoms with E-state index < -0.39 is 30.1 Å². The van der Waals surface area contributed by atoms with E-state index in [1.54, 1.807) is 39.6 Å². The molecule has 1 aliphatic rings. The summed E-state index contributed by atoms with van der Waals surface area (Å²) in [5.74, 6) is 0.565. The Bertz CT molecular complexity index is 365. The van der Waals surface area contributed by atoms with Crippen molar-refractivity contribution >= 4 is 35.0 Å². The van der Waals surface area contributed by atoms with Crippen molar-refractivity contribution in [2.75, 3.05) is 7.05 Å². The summed E-state index contributed by atoms with van der Waals surface area (Å²) in [5.41, 5.74) is -1.83. The fourth-order valence-corrected chi connectivity index (χ4v) is 1.88. The van der Waals surface area contributed by atoms with Gasteiger partial charge in [-0.3, -0.25) is 14.5 Å². The third-order valence-electron chi connectivity index (χ3n) is 3.35. The average molecular weight is 318 g/mol. The van der Waals surface area contributed by atoms with E-state index in [1.807, 2.05) is 0 Å². The smallest absolute Gasteiger partial charge is 0.494 e. The largest absolute Gasteiger partial charge is 0.629 e. The van der Waals surface area contributed by atoms with Crippen LogP contribution < -0.4 is 0 Å². The third-order valence-corrected chi connectivity index (χ3v) is 3.66. The van der Waals surface area contributed by atoms with Crippen LogP contribution >= 0.6 is 15.9 Å². The van der Waals surface area contributed by atoms with Crippen molar-refractivity contribution in [3.63, 3.8) is 0 Å². The molecule has 1 aliphatic heterocycles. The summed E-state index contributed by atoms with van der Waals surface area (Å²) in [6.07, 6.45) is 0. The zero-order chi connectivity index (χ0) is 14.1. The van der Waals surface area contributed by atoms with Crippen molar-refractivity contribution in [3.8, 4) is 0 Å². The first-order valence-electron chi connectivity index (χ1n) is 5.57. The zero-order valence-corrected chi connectivity index (χ0v) is 12.8. The van der Waals surface area contributed by atoms with Gasteiger partial charge in [-0.2, -0.15) is 0 Å². The van der Waals surface area contributed by atoms with Crippen LogP contribution in [0.4, 0.5) is 0 Å². The van der Waals surface area contributed by atoms with Gasteiger partial charge in [0.2, 0.25) is 0 Å². The van der Waals surface area contributed by atoms with Crippen molar-refractivity contribution in [2.45, 2.75) is 38.8 Å². The molecule has 1 rings (SSSR count). The fraction of sp³-hybridized carbons (Fsp3) is 0.636. The summed E-state index contributed by atoms with van der Waals surface area (Å²) in [6.45, 7) is 6.85. The molecule has 0 unspecified atom stereocenters. The zero-order valence-electron chi connectivity index (χ0n) is 11.2. The van der Waals surface area contributed by atoms with E-state index in [-0.39, 0.29) is 0 Å². The molecule has 0 radical (unpaired) electrons. The van der Waals surface area contributed by atoms with Crippen LogP contribution in [0.5, 0.6) is 0 Å². The third kappa shape index (κ3) is 2.61. The first-order chi connectivity index (χ1) is 8.14. The number of carbonyl (C=O) groups excluding carboxylic acids is 2. The number of hydrogen-bond donors (Lipinski definition) is 0. The highest BCUT2D eigenvalue weighted by atomic mass is 79.9. The number of carbonyl (C=O) groups is 2. The lowest BCUT2D eigenvalue weighted by atomic mass is 9.85. The maximum absolute atomic E-state index is 12.1. The Labute approximate surface area is 116 Å². The summed E-state index contributed by atoms with van der Waals surface area (Å²) < 4.78 is 10.3. The van der Waals surface area contributed by atoms with E-state index in [9.17, 15) is 9.59 Å². The summed E-state index contributed by atoms with van der Waals surface area (Å²) in [5, 5.41) is 0. The lowest BCUT2D eigenvalue weighted by molar-refractivity contribution is -0.165. The molecule has 100 valence electrons. The van der Waals surface area contributed by atoms with Gasteiger partial charge in [-0.05, 0) is 45.7 Å². The van der Waals surface area contributed by atoms with Gasteiger partial charge >= 0.3 is 19.1 Å². The molecular formula is C11H17BBrNO4. The molecule has 0 aromatic heterocycles. The molecule has 0 amide bonds. The van der Waals surface area contributed by atoms with Crippen molar-refractivity contribution in [1.82, 2.24) is 4.90 Å². The minimum absolute atomic E-state index is 0.443. The molecule has 0 atom stereocenters. The van der Waals surface area contributed by atoms with E-state index in [4.69, 9.17) is 9.31 Å². The summed E-state index contributed by atoms with van der Waals surface area (Å²) >= 11 is 3.07. The molecule has 18 heavy (non-hydrogen) atoms. The Morgan fingerprint density at radius 3 is 1.83 bits per heavy atom. The molecule has 0 N–H and O–H groups in total. The van der Waals surface area contributed by atoms with Crippen LogP contribution in [0, 0.1) is 0 Å². The van der Waals surface area contributed by atoms with E-state index in [2.05, 4.69) is 15.9 Å². The molecule has 0 spiro atoms. The highest BCUT2D eigenvalue weighted by Crippen LogP contribution is 2.28.